The Morgan fingerprint density at radius 2 is 1.88 bits per heavy atom. The molecule has 0 spiro atoms. The molecule has 40 heavy (non-hydrogen) atoms. The molecule has 1 aliphatic heterocycles. The van der Waals surface area contributed by atoms with Gasteiger partial charge in [-0.1, -0.05) is 31.3 Å². The lowest BCUT2D eigenvalue weighted by molar-refractivity contribution is 0.00151. The van der Waals surface area contributed by atoms with Crippen LogP contribution in [0.4, 0.5) is 11.8 Å². The van der Waals surface area contributed by atoms with E-state index in [4.69, 9.17) is 24.2 Å². The van der Waals surface area contributed by atoms with Gasteiger partial charge in [-0.3, -0.25) is 9.51 Å². The molecule has 2 saturated carbocycles. The number of hydrogen-bond donors (Lipinski definition) is 2. The van der Waals surface area contributed by atoms with Crippen molar-refractivity contribution in [3.05, 3.63) is 10.6 Å². The third-order valence-corrected chi connectivity index (χ3v) is 9.87. The van der Waals surface area contributed by atoms with Gasteiger partial charge in [0.1, 0.15) is 5.52 Å². The van der Waals surface area contributed by atoms with E-state index < -0.39 is 5.76 Å². The van der Waals surface area contributed by atoms with E-state index in [0.29, 0.717) is 23.3 Å². The van der Waals surface area contributed by atoms with E-state index in [-0.39, 0.29) is 23.5 Å². The lowest BCUT2D eigenvalue weighted by Crippen LogP contribution is -2.48. The van der Waals surface area contributed by atoms with Gasteiger partial charge in [0.05, 0.1) is 11.6 Å². The monoisotopic (exact) mass is 552 g/mol. The number of aromatic nitrogens is 6. The number of imidazole rings is 1. The maximum Gasteiger partial charge on any atom is 0.439 e. The van der Waals surface area contributed by atoms with E-state index in [1.165, 1.54) is 44.9 Å². The van der Waals surface area contributed by atoms with Crippen molar-refractivity contribution in [1.82, 2.24) is 29.7 Å². The Bertz CT molecular complexity index is 1380. The fourth-order valence-electron chi connectivity index (χ4n) is 6.86. The van der Waals surface area contributed by atoms with Crippen molar-refractivity contribution >= 4 is 22.9 Å². The van der Waals surface area contributed by atoms with Crippen LogP contribution in [0.2, 0.25) is 0 Å². The number of aromatic amines is 1. The Balaban J connectivity index is 1.50. The fraction of sp³-hybridized carbons (Fsp3) is 0.759. The van der Waals surface area contributed by atoms with E-state index in [1.807, 2.05) is 0 Å². The summed E-state index contributed by atoms with van der Waals surface area (Å²) < 4.78 is 13.1. The molecule has 2 aliphatic carbocycles. The largest absolute Gasteiger partial charge is 0.439 e. The van der Waals surface area contributed by atoms with Crippen LogP contribution in [-0.2, 0) is 11.3 Å². The molecule has 3 aliphatic rings. The van der Waals surface area contributed by atoms with Crippen molar-refractivity contribution in [1.29, 1.82) is 0 Å². The molecule has 4 heterocycles. The number of nitrogens with one attached hydrogen (secondary N) is 2. The molecule has 6 rings (SSSR count). The van der Waals surface area contributed by atoms with Crippen molar-refractivity contribution in [2.24, 2.45) is 17.8 Å². The highest BCUT2D eigenvalue weighted by atomic mass is 16.5. The highest BCUT2D eigenvalue weighted by Crippen LogP contribution is 2.39. The molecule has 0 aromatic carbocycles. The standard InChI is InChI=1S/C29H44N8O3/c1-17-11-13-19(14-12-17)16-37-22-23(30-18(2)20-8-6-9-20)31-25(26-34-28(38)40-35-26)32-24(22)33-27(37)36-15-7-10-21(36)29(3,4)39-5/h17-21H,6-16H2,1-5H3,(H,30,31,32)(H,34,35,38)/t17?,18-,19?,21?/m1/s1. The number of ether oxygens (including phenoxy) is 1. The summed E-state index contributed by atoms with van der Waals surface area (Å²) in [4.78, 5) is 31.8. The van der Waals surface area contributed by atoms with Crippen molar-refractivity contribution in [3.8, 4) is 11.6 Å². The van der Waals surface area contributed by atoms with Gasteiger partial charge < -0.3 is 19.5 Å². The van der Waals surface area contributed by atoms with Gasteiger partial charge in [-0.15, -0.1) is 0 Å². The molecule has 1 saturated heterocycles. The van der Waals surface area contributed by atoms with Gasteiger partial charge in [0.2, 0.25) is 17.6 Å². The summed E-state index contributed by atoms with van der Waals surface area (Å²) in [6, 6.07) is 0.453. The first-order valence-electron chi connectivity index (χ1n) is 15.2. The first-order valence-corrected chi connectivity index (χ1v) is 15.2. The summed E-state index contributed by atoms with van der Waals surface area (Å²) in [5.74, 6) is 3.54. The Hall–Kier alpha value is -2.95. The topological polar surface area (TPSA) is 127 Å². The van der Waals surface area contributed by atoms with Gasteiger partial charge in [-0.25, -0.2) is 14.8 Å². The van der Waals surface area contributed by atoms with E-state index >= 15 is 0 Å². The predicted molar refractivity (Wildman–Crippen MR) is 154 cm³/mol. The van der Waals surface area contributed by atoms with Crippen LogP contribution in [0.5, 0.6) is 0 Å². The minimum atomic E-state index is -0.629. The van der Waals surface area contributed by atoms with Crippen molar-refractivity contribution in [2.45, 2.75) is 110 Å². The average molecular weight is 553 g/mol. The Kier molecular flexibility index (Phi) is 7.35. The molecule has 0 radical (unpaired) electrons. The second-order valence-electron chi connectivity index (χ2n) is 12.9. The number of anilines is 2. The molecular formula is C29H44N8O3. The van der Waals surface area contributed by atoms with Crippen LogP contribution in [0, 0.1) is 17.8 Å². The third kappa shape index (κ3) is 5.12. The number of rotatable bonds is 9. The average Bonchev–Trinajstić information content (AvgIpc) is 3.63. The Labute approximate surface area is 235 Å². The molecule has 11 nitrogen and oxygen atoms in total. The minimum Gasteiger partial charge on any atom is -0.377 e. The van der Waals surface area contributed by atoms with Gasteiger partial charge in [0.25, 0.3) is 0 Å². The van der Waals surface area contributed by atoms with Crippen LogP contribution >= 0.6 is 0 Å². The van der Waals surface area contributed by atoms with Crippen molar-refractivity contribution in [3.63, 3.8) is 0 Å². The molecule has 0 amide bonds. The molecule has 2 N–H and O–H groups in total. The minimum absolute atomic E-state index is 0.198. The van der Waals surface area contributed by atoms with E-state index in [0.717, 1.165) is 49.1 Å². The quantitative estimate of drug-likeness (QED) is 0.377. The summed E-state index contributed by atoms with van der Waals surface area (Å²) in [6.07, 6.45) is 10.8. The molecule has 3 fully saturated rings. The Morgan fingerprint density at radius 3 is 2.52 bits per heavy atom. The predicted octanol–water partition coefficient (Wildman–Crippen LogP) is 4.99. The molecule has 0 bridgehead atoms. The number of nitrogens with zero attached hydrogens (tertiary/aromatic N) is 6. The second-order valence-corrected chi connectivity index (χ2v) is 12.9. The summed E-state index contributed by atoms with van der Waals surface area (Å²) in [5.41, 5.74) is 1.21. The maximum atomic E-state index is 11.8. The van der Waals surface area contributed by atoms with Crippen LogP contribution in [0.1, 0.15) is 85.5 Å². The zero-order valence-electron chi connectivity index (χ0n) is 24.6. The van der Waals surface area contributed by atoms with Crippen molar-refractivity contribution in [2.75, 3.05) is 23.9 Å². The summed E-state index contributed by atoms with van der Waals surface area (Å²) in [6.45, 7) is 10.7. The summed E-state index contributed by atoms with van der Waals surface area (Å²) in [7, 11) is 1.79. The summed E-state index contributed by atoms with van der Waals surface area (Å²) >= 11 is 0. The SMILES string of the molecule is COC(C)(C)C1CCCN1c1nc2nc(-c3noc(=O)[nH]3)nc(N[C@H](C)C3CCC3)c2n1CC1CCC(C)CC1. The Morgan fingerprint density at radius 1 is 1.10 bits per heavy atom. The molecule has 11 heteroatoms. The van der Waals surface area contributed by atoms with E-state index in [2.05, 4.69) is 52.6 Å². The second kappa shape index (κ2) is 10.8. The van der Waals surface area contributed by atoms with Crippen LogP contribution in [0.25, 0.3) is 22.8 Å². The van der Waals surface area contributed by atoms with Crippen LogP contribution in [0.15, 0.2) is 9.32 Å². The molecule has 2 atom stereocenters. The van der Waals surface area contributed by atoms with E-state index in [1.54, 1.807) is 7.11 Å². The number of fused-ring (bicyclic) bond motifs is 1. The van der Waals surface area contributed by atoms with Crippen molar-refractivity contribution < 1.29 is 9.26 Å². The number of methoxy groups -OCH3 is 1. The number of hydrogen-bond acceptors (Lipinski definition) is 9. The van der Waals surface area contributed by atoms with Gasteiger partial charge in [-0.05, 0) is 77.0 Å². The first-order chi connectivity index (χ1) is 19.2. The van der Waals surface area contributed by atoms with Crippen LogP contribution in [-0.4, -0.2) is 61.0 Å². The molecular weight excluding hydrogens is 508 g/mol. The molecule has 3 aromatic rings. The lowest BCUT2D eigenvalue weighted by Gasteiger charge is -2.38. The van der Waals surface area contributed by atoms with Gasteiger partial charge in [0.15, 0.2) is 11.5 Å². The normalized spacial score (nSPS) is 24.9. The highest BCUT2D eigenvalue weighted by Gasteiger charge is 2.40. The third-order valence-electron chi connectivity index (χ3n) is 9.87. The molecule has 1 unspecified atom stereocenters. The molecule has 218 valence electrons. The first kappa shape index (κ1) is 27.2. The smallest absolute Gasteiger partial charge is 0.377 e. The maximum absolute atomic E-state index is 11.8. The van der Waals surface area contributed by atoms with Gasteiger partial charge in [-0.2, -0.15) is 4.98 Å². The summed E-state index contributed by atoms with van der Waals surface area (Å²) in [5, 5.41) is 7.62. The van der Waals surface area contributed by atoms with Crippen LogP contribution < -0.4 is 16.0 Å². The zero-order valence-corrected chi connectivity index (χ0v) is 24.6. The highest BCUT2D eigenvalue weighted by molar-refractivity contribution is 5.87. The number of H-pyrrole nitrogens is 1. The van der Waals surface area contributed by atoms with Gasteiger partial charge in [0, 0.05) is 26.2 Å². The fourth-order valence-corrected chi connectivity index (χ4v) is 6.86. The molecule has 3 aromatic heterocycles. The zero-order chi connectivity index (χ0) is 28.0. The van der Waals surface area contributed by atoms with E-state index in [9.17, 15) is 4.79 Å². The lowest BCUT2D eigenvalue weighted by atomic mass is 9.80. The van der Waals surface area contributed by atoms with Crippen LogP contribution in [0.3, 0.4) is 0 Å². The van der Waals surface area contributed by atoms with Gasteiger partial charge >= 0.3 is 5.76 Å².